The minimum atomic E-state index is 0.854. The van der Waals surface area contributed by atoms with Crippen LogP contribution >= 0.6 is 0 Å². The molecule has 0 radical (unpaired) electrons. The number of hydrogen-bond acceptors (Lipinski definition) is 2. The molecule has 0 heterocycles. The van der Waals surface area contributed by atoms with Crippen molar-refractivity contribution in [2.75, 3.05) is 11.5 Å². The molecule has 4 aromatic carbocycles. The lowest BCUT2D eigenvalue weighted by atomic mass is 9.96. The van der Waals surface area contributed by atoms with Crippen LogP contribution in [-0.2, 0) is 38.5 Å². The smallest absolute Gasteiger partial charge is 0.0316 e. The van der Waals surface area contributed by atoms with Gasteiger partial charge in [-0.1, -0.05) is 80.9 Å². The van der Waals surface area contributed by atoms with Crippen molar-refractivity contribution in [3.63, 3.8) is 0 Å². The Hall–Kier alpha value is -3.52. The Morgan fingerprint density at radius 3 is 1.19 bits per heavy atom. The van der Waals surface area contributed by atoms with Gasteiger partial charge in [-0.05, 0) is 120 Å². The van der Waals surface area contributed by atoms with Gasteiger partial charge in [-0.2, -0.15) is 0 Å². The lowest BCUT2D eigenvalue weighted by molar-refractivity contribution is 0.678. The molecule has 0 saturated heterocycles. The molecule has 0 aliphatic rings. The van der Waals surface area contributed by atoms with Crippen LogP contribution in [0.2, 0.25) is 0 Å². The molecule has 4 N–H and O–H groups in total. The van der Waals surface area contributed by atoms with E-state index in [2.05, 4.69) is 86.6 Å². The van der Waals surface area contributed by atoms with E-state index in [1.165, 1.54) is 63.8 Å². The van der Waals surface area contributed by atoms with Crippen molar-refractivity contribution < 1.29 is 0 Å². The zero-order valence-corrected chi connectivity index (χ0v) is 22.6. The van der Waals surface area contributed by atoms with Crippen molar-refractivity contribution in [2.24, 2.45) is 0 Å². The first-order valence-corrected chi connectivity index (χ1v) is 13.9. The molecular weight excluding hydrogens is 448 g/mol. The monoisotopic (exact) mass is 490 g/mol. The Kier molecular flexibility index (Phi) is 9.43. The molecule has 0 fully saturated rings. The maximum Gasteiger partial charge on any atom is 0.0316 e. The van der Waals surface area contributed by atoms with E-state index in [4.69, 9.17) is 11.5 Å². The average Bonchev–Trinajstić information content (AvgIpc) is 2.92. The Bertz CT molecular complexity index is 1170. The van der Waals surface area contributed by atoms with Crippen LogP contribution in [0.5, 0.6) is 0 Å². The lowest BCUT2D eigenvalue weighted by Crippen LogP contribution is -1.97. The predicted octanol–water partition coefficient (Wildman–Crippen LogP) is 8.11. The topological polar surface area (TPSA) is 52.0 Å². The van der Waals surface area contributed by atoms with Crippen LogP contribution in [0.3, 0.4) is 0 Å². The molecule has 37 heavy (non-hydrogen) atoms. The summed E-state index contributed by atoms with van der Waals surface area (Å²) in [6.45, 7) is 4.39. The lowest BCUT2D eigenvalue weighted by Gasteiger charge is -2.10. The van der Waals surface area contributed by atoms with Gasteiger partial charge in [0, 0.05) is 11.4 Å². The molecule has 0 aliphatic heterocycles. The summed E-state index contributed by atoms with van der Waals surface area (Å²) in [5.41, 5.74) is 24.7. The molecule has 4 aromatic rings. The van der Waals surface area contributed by atoms with Crippen molar-refractivity contribution in [1.82, 2.24) is 0 Å². The van der Waals surface area contributed by atoms with E-state index < -0.39 is 0 Å². The van der Waals surface area contributed by atoms with Crippen molar-refractivity contribution in [2.45, 2.75) is 71.6 Å². The minimum Gasteiger partial charge on any atom is -0.399 e. The molecule has 0 unspecified atom stereocenters. The van der Waals surface area contributed by atoms with E-state index in [0.29, 0.717) is 0 Å². The molecule has 4 rings (SSSR count). The quantitative estimate of drug-likeness (QED) is 0.156. The first-order chi connectivity index (χ1) is 18.0. The van der Waals surface area contributed by atoms with Crippen LogP contribution in [0.4, 0.5) is 11.4 Å². The second-order valence-electron chi connectivity index (χ2n) is 10.3. The molecule has 0 saturated carbocycles. The van der Waals surface area contributed by atoms with Crippen molar-refractivity contribution >= 4 is 11.4 Å². The molecular formula is C35H42N2. The summed E-state index contributed by atoms with van der Waals surface area (Å²) in [5, 5.41) is 0. The maximum atomic E-state index is 5.96. The highest BCUT2D eigenvalue weighted by Crippen LogP contribution is 2.21. The standard InChI is InChI=1S/C35H42N2/c1-3-30-24-34(36)20-18-32(30)22-28-14-10-26(11-15-28)8-6-5-7-9-27-12-16-29(17-13-27)23-33-19-21-35(37)25-31(33)4-2/h10-21,24-25H,3-9,22-23,36-37H2,1-2H3. The average molecular weight is 491 g/mol. The third-order valence-electron chi connectivity index (χ3n) is 7.49. The second kappa shape index (κ2) is 13.1. The zero-order valence-electron chi connectivity index (χ0n) is 22.6. The van der Waals surface area contributed by atoms with Crippen LogP contribution in [0.15, 0.2) is 84.9 Å². The number of rotatable bonds is 12. The van der Waals surface area contributed by atoms with Crippen molar-refractivity contribution in [3.05, 3.63) is 129 Å². The van der Waals surface area contributed by atoms with Gasteiger partial charge in [-0.3, -0.25) is 0 Å². The minimum absolute atomic E-state index is 0.854. The fourth-order valence-corrected chi connectivity index (χ4v) is 5.22. The number of anilines is 2. The Balaban J connectivity index is 1.19. The van der Waals surface area contributed by atoms with Crippen molar-refractivity contribution in [1.29, 1.82) is 0 Å². The molecule has 0 aromatic heterocycles. The van der Waals surface area contributed by atoms with Crippen LogP contribution in [0.1, 0.15) is 77.6 Å². The number of unbranched alkanes of at least 4 members (excludes halogenated alkanes) is 2. The van der Waals surface area contributed by atoms with E-state index >= 15 is 0 Å². The van der Waals surface area contributed by atoms with E-state index in [1.807, 2.05) is 12.1 Å². The number of aryl methyl sites for hydroxylation is 4. The predicted molar refractivity (Wildman–Crippen MR) is 160 cm³/mol. The highest BCUT2D eigenvalue weighted by Gasteiger charge is 2.05. The highest BCUT2D eigenvalue weighted by atomic mass is 14.5. The van der Waals surface area contributed by atoms with Gasteiger partial charge >= 0.3 is 0 Å². The fraction of sp³-hybridized carbons (Fsp3) is 0.314. The third kappa shape index (κ3) is 7.73. The summed E-state index contributed by atoms with van der Waals surface area (Å²) in [5.74, 6) is 0. The maximum absolute atomic E-state index is 5.96. The van der Waals surface area contributed by atoms with Crippen LogP contribution < -0.4 is 11.5 Å². The largest absolute Gasteiger partial charge is 0.399 e. The number of nitrogen functional groups attached to an aromatic ring is 2. The molecule has 0 atom stereocenters. The van der Waals surface area contributed by atoms with Gasteiger partial charge in [-0.15, -0.1) is 0 Å². The molecule has 0 amide bonds. The third-order valence-corrected chi connectivity index (χ3v) is 7.49. The molecule has 0 spiro atoms. The van der Waals surface area contributed by atoms with Gasteiger partial charge in [-0.25, -0.2) is 0 Å². The first kappa shape index (κ1) is 26.5. The van der Waals surface area contributed by atoms with Crippen LogP contribution in [0, 0.1) is 0 Å². The zero-order chi connectivity index (χ0) is 26.0. The van der Waals surface area contributed by atoms with Gasteiger partial charge in [0.1, 0.15) is 0 Å². The molecule has 192 valence electrons. The van der Waals surface area contributed by atoms with Crippen molar-refractivity contribution in [3.8, 4) is 0 Å². The summed E-state index contributed by atoms with van der Waals surface area (Å²) < 4.78 is 0. The van der Waals surface area contributed by atoms with E-state index in [0.717, 1.165) is 49.9 Å². The normalized spacial score (nSPS) is 11.1. The Labute approximate surface area is 223 Å². The van der Waals surface area contributed by atoms with Gasteiger partial charge in [0.25, 0.3) is 0 Å². The van der Waals surface area contributed by atoms with E-state index in [9.17, 15) is 0 Å². The Morgan fingerprint density at radius 1 is 0.432 bits per heavy atom. The summed E-state index contributed by atoms with van der Waals surface area (Å²) in [6.07, 6.45) is 10.0. The molecule has 0 aliphatic carbocycles. The van der Waals surface area contributed by atoms with Gasteiger partial charge in [0.05, 0.1) is 0 Å². The summed E-state index contributed by atoms with van der Waals surface area (Å²) in [4.78, 5) is 0. The van der Waals surface area contributed by atoms with E-state index in [1.54, 1.807) is 0 Å². The van der Waals surface area contributed by atoms with Gasteiger partial charge in [0.2, 0.25) is 0 Å². The number of nitrogens with two attached hydrogens (primary N) is 2. The van der Waals surface area contributed by atoms with Crippen LogP contribution in [-0.4, -0.2) is 0 Å². The second-order valence-corrected chi connectivity index (χ2v) is 10.3. The highest BCUT2D eigenvalue weighted by molar-refractivity contribution is 5.47. The summed E-state index contributed by atoms with van der Waals surface area (Å²) in [7, 11) is 0. The Morgan fingerprint density at radius 2 is 0.811 bits per heavy atom. The summed E-state index contributed by atoms with van der Waals surface area (Å²) in [6, 6.07) is 31.0. The fourth-order valence-electron chi connectivity index (χ4n) is 5.22. The number of hydrogen-bond donors (Lipinski definition) is 2. The number of benzene rings is 4. The molecule has 2 heteroatoms. The van der Waals surface area contributed by atoms with Crippen LogP contribution in [0.25, 0.3) is 0 Å². The SMILES string of the molecule is CCc1cc(N)ccc1Cc1ccc(CCCCCc2ccc(Cc3ccc(N)cc3CC)cc2)cc1. The first-order valence-electron chi connectivity index (χ1n) is 13.9. The van der Waals surface area contributed by atoms with Gasteiger partial charge in [0.15, 0.2) is 0 Å². The van der Waals surface area contributed by atoms with E-state index in [-0.39, 0.29) is 0 Å². The molecule has 0 bridgehead atoms. The molecule has 2 nitrogen and oxygen atoms in total. The summed E-state index contributed by atoms with van der Waals surface area (Å²) >= 11 is 0. The van der Waals surface area contributed by atoms with Gasteiger partial charge < -0.3 is 11.5 Å².